The van der Waals surface area contributed by atoms with Crippen LogP contribution in [0.2, 0.25) is 0 Å². The zero-order chi connectivity index (χ0) is 18.5. The van der Waals surface area contributed by atoms with E-state index < -0.39 is 11.8 Å². The van der Waals surface area contributed by atoms with Gasteiger partial charge in [0.05, 0.1) is 7.11 Å². The number of rotatable bonds is 5. The Morgan fingerprint density at radius 2 is 2.15 bits per heavy atom. The van der Waals surface area contributed by atoms with E-state index >= 15 is 0 Å². The van der Waals surface area contributed by atoms with Gasteiger partial charge in [0.15, 0.2) is 11.6 Å². The van der Waals surface area contributed by atoms with Crippen LogP contribution in [0.1, 0.15) is 47.2 Å². The fraction of sp³-hybridized carbons (Fsp3) is 0.300. The Morgan fingerprint density at radius 1 is 1.38 bits per heavy atom. The number of carboxylic acids is 1. The van der Waals surface area contributed by atoms with Crippen LogP contribution in [0.15, 0.2) is 30.3 Å². The van der Waals surface area contributed by atoms with Gasteiger partial charge in [0, 0.05) is 40.2 Å². The first-order valence-electron chi connectivity index (χ1n) is 8.49. The topological polar surface area (TPSA) is 75.2 Å². The third-order valence-corrected chi connectivity index (χ3v) is 5.17. The van der Waals surface area contributed by atoms with Gasteiger partial charge in [-0.25, -0.2) is 14.2 Å². The van der Waals surface area contributed by atoms with Crippen LogP contribution in [0.4, 0.5) is 4.39 Å². The number of benzene rings is 1. The maximum absolute atomic E-state index is 14.3. The minimum absolute atomic E-state index is 0.00868. The van der Waals surface area contributed by atoms with Gasteiger partial charge >= 0.3 is 5.97 Å². The van der Waals surface area contributed by atoms with Crippen LogP contribution in [-0.2, 0) is 11.8 Å². The van der Waals surface area contributed by atoms with Crippen molar-refractivity contribution in [2.75, 3.05) is 7.11 Å². The summed E-state index contributed by atoms with van der Waals surface area (Å²) in [6.45, 7) is 2.18. The van der Waals surface area contributed by atoms with E-state index in [2.05, 4.69) is 16.9 Å². The standard InChI is InChI=1S/C20H19FN2O3/c1-20(6-7-20)18-13(8-11-4-3-5-15(22-11)19(24)25)12-9-14(21)17(26-2)10-16(12)23-18/h3-5,9-10,23H,6-8H2,1-2H3,(H,24,25). The molecule has 6 heteroatoms. The molecule has 1 fully saturated rings. The molecular formula is C20H19FN2O3. The Balaban J connectivity index is 1.86. The number of aromatic carboxylic acids is 1. The Labute approximate surface area is 149 Å². The van der Waals surface area contributed by atoms with Crippen molar-refractivity contribution < 1.29 is 19.0 Å². The van der Waals surface area contributed by atoms with Gasteiger partial charge in [-0.3, -0.25) is 0 Å². The van der Waals surface area contributed by atoms with E-state index in [1.807, 2.05) is 0 Å². The van der Waals surface area contributed by atoms with Crippen molar-refractivity contribution in [2.24, 2.45) is 0 Å². The third-order valence-electron chi connectivity index (χ3n) is 5.17. The van der Waals surface area contributed by atoms with Crippen LogP contribution in [0.5, 0.6) is 5.75 Å². The molecule has 0 aliphatic heterocycles. The number of aromatic amines is 1. The van der Waals surface area contributed by atoms with Crippen molar-refractivity contribution in [3.05, 3.63) is 58.8 Å². The first-order chi connectivity index (χ1) is 12.4. The molecule has 2 N–H and O–H groups in total. The number of nitrogens with one attached hydrogen (secondary N) is 1. The second-order valence-corrected chi connectivity index (χ2v) is 7.07. The maximum atomic E-state index is 14.3. The average Bonchev–Trinajstić information content (AvgIpc) is 3.27. The van der Waals surface area contributed by atoms with E-state index in [9.17, 15) is 9.18 Å². The molecule has 26 heavy (non-hydrogen) atoms. The van der Waals surface area contributed by atoms with Gasteiger partial charge < -0.3 is 14.8 Å². The third kappa shape index (κ3) is 2.71. The molecule has 0 amide bonds. The first-order valence-corrected chi connectivity index (χ1v) is 8.49. The number of ether oxygens (including phenoxy) is 1. The molecule has 0 radical (unpaired) electrons. The van der Waals surface area contributed by atoms with E-state index in [0.29, 0.717) is 12.1 Å². The number of pyridine rings is 1. The molecule has 1 aliphatic carbocycles. The molecule has 4 rings (SSSR count). The lowest BCUT2D eigenvalue weighted by atomic mass is 9.96. The van der Waals surface area contributed by atoms with Crippen molar-refractivity contribution in [3.8, 4) is 5.75 Å². The number of hydrogen-bond donors (Lipinski definition) is 2. The van der Waals surface area contributed by atoms with Crippen LogP contribution < -0.4 is 4.74 Å². The highest BCUT2D eigenvalue weighted by Gasteiger charge is 2.42. The summed E-state index contributed by atoms with van der Waals surface area (Å²) in [5, 5.41) is 9.95. The molecular weight excluding hydrogens is 335 g/mol. The van der Waals surface area contributed by atoms with Gasteiger partial charge in [-0.15, -0.1) is 0 Å². The molecule has 0 bridgehead atoms. The van der Waals surface area contributed by atoms with E-state index in [0.717, 1.165) is 35.0 Å². The summed E-state index contributed by atoms with van der Waals surface area (Å²) in [7, 11) is 1.44. The van der Waals surface area contributed by atoms with Crippen LogP contribution in [0.25, 0.3) is 10.9 Å². The van der Waals surface area contributed by atoms with Crippen LogP contribution >= 0.6 is 0 Å². The lowest BCUT2D eigenvalue weighted by Gasteiger charge is -2.11. The number of aromatic nitrogens is 2. The summed E-state index contributed by atoms with van der Waals surface area (Å²) in [5.74, 6) is -1.28. The summed E-state index contributed by atoms with van der Waals surface area (Å²) in [6, 6.07) is 8.10. The minimum Gasteiger partial charge on any atom is -0.494 e. The molecule has 0 spiro atoms. The van der Waals surface area contributed by atoms with E-state index in [4.69, 9.17) is 9.84 Å². The van der Waals surface area contributed by atoms with Gasteiger partial charge in [-0.2, -0.15) is 0 Å². The molecule has 0 atom stereocenters. The number of fused-ring (bicyclic) bond motifs is 1. The number of methoxy groups -OCH3 is 1. The predicted molar refractivity (Wildman–Crippen MR) is 95.4 cm³/mol. The van der Waals surface area contributed by atoms with Gasteiger partial charge in [0.1, 0.15) is 5.69 Å². The summed E-state index contributed by atoms with van der Waals surface area (Å²) in [4.78, 5) is 18.8. The number of nitrogens with zero attached hydrogens (tertiary/aromatic N) is 1. The largest absolute Gasteiger partial charge is 0.494 e. The number of carboxylic acid groups (broad SMARTS) is 1. The molecule has 134 valence electrons. The Hall–Kier alpha value is -2.89. The van der Waals surface area contributed by atoms with Crippen molar-refractivity contribution in [2.45, 2.75) is 31.6 Å². The summed E-state index contributed by atoms with van der Waals surface area (Å²) < 4.78 is 19.4. The lowest BCUT2D eigenvalue weighted by molar-refractivity contribution is 0.0690. The number of halogens is 1. The zero-order valence-electron chi connectivity index (χ0n) is 14.6. The molecule has 2 heterocycles. The van der Waals surface area contributed by atoms with E-state index in [1.54, 1.807) is 18.2 Å². The van der Waals surface area contributed by atoms with Crippen LogP contribution in [0.3, 0.4) is 0 Å². The highest BCUT2D eigenvalue weighted by molar-refractivity contribution is 5.87. The molecule has 0 saturated heterocycles. The van der Waals surface area contributed by atoms with Crippen molar-refractivity contribution in [3.63, 3.8) is 0 Å². The Bertz CT molecular complexity index is 1020. The summed E-state index contributed by atoms with van der Waals surface area (Å²) >= 11 is 0. The highest BCUT2D eigenvalue weighted by atomic mass is 19.1. The Morgan fingerprint density at radius 3 is 2.81 bits per heavy atom. The molecule has 1 aromatic carbocycles. The number of hydrogen-bond acceptors (Lipinski definition) is 3. The monoisotopic (exact) mass is 354 g/mol. The Kier molecular flexibility index (Phi) is 3.72. The summed E-state index contributed by atoms with van der Waals surface area (Å²) in [5.41, 5.74) is 3.56. The number of H-pyrrole nitrogens is 1. The molecule has 3 aromatic rings. The normalized spacial score (nSPS) is 15.2. The maximum Gasteiger partial charge on any atom is 0.354 e. The fourth-order valence-corrected chi connectivity index (χ4v) is 3.42. The van der Waals surface area contributed by atoms with Crippen LogP contribution in [0, 0.1) is 5.82 Å². The molecule has 0 unspecified atom stereocenters. The molecule has 1 aliphatic rings. The molecule has 1 saturated carbocycles. The molecule has 2 aromatic heterocycles. The quantitative estimate of drug-likeness (QED) is 0.725. The number of carbonyl (C=O) groups is 1. The SMILES string of the molecule is COc1cc2[nH]c(C3(C)CC3)c(Cc3cccc(C(=O)O)n3)c2cc1F. The van der Waals surface area contributed by atoms with Crippen molar-refractivity contribution in [1.82, 2.24) is 9.97 Å². The predicted octanol–water partition coefficient (Wildman–Crippen LogP) is 4.05. The lowest BCUT2D eigenvalue weighted by Crippen LogP contribution is -2.07. The second kappa shape index (κ2) is 5.83. The average molecular weight is 354 g/mol. The van der Waals surface area contributed by atoms with Gasteiger partial charge in [-0.05, 0) is 36.6 Å². The minimum atomic E-state index is -1.06. The zero-order valence-corrected chi connectivity index (χ0v) is 14.6. The first kappa shape index (κ1) is 16.6. The van der Waals surface area contributed by atoms with Gasteiger partial charge in [0.25, 0.3) is 0 Å². The second-order valence-electron chi connectivity index (χ2n) is 7.07. The smallest absolute Gasteiger partial charge is 0.354 e. The van der Waals surface area contributed by atoms with Gasteiger partial charge in [0.2, 0.25) is 0 Å². The summed E-state index contributed by atoms with van der Waals surface area (Å²) in [6.07, 6.45) is 2.57. The van der Waals surface area contributed by atoms with Crippen LogP contribution in [-0.4, -0.2) is 28.2 Å². The van der Waals surface area contributed by atoms with Gasteiger partial charge in [-0.1, -0.05) is 13.0 Å². The highest BCUT2D eigenvalue weighted by Crippen LogP contribution is 2.50. The van der Waals surface area contributed by atoms with E-state index in [-0.39, 0.29) is 16.9 Å². The van der Waals surface area contributed by atoms with Crippen molar-refractivity contribution in [1.29, 1.82) is 0 Å². The van der Waals surface area contributed by atoms with Crippen molar-refractivity contribution >= 4 is 16.9 Å². The fourth-order valence-electron chi connectivity index (χ4n) is 3.42. The molecule has 5 nitrogen and oxygen atoms in total. The van der Waals surface area contributed by atoms with E-state index in [1.165, 1.54) is 19.2 Å².